The number of amides is 1. The first-order valence-electron chi connectivity index (χ1n) is 5.57. The molecule has 1 aromatic carbocycles. The van der Waals surface area contributed by atoms with Crippen LogP contribution in [0.4, 0.5) is 5.69 Å². The average Bonchev–Trinajstić information content (AvgIpc) is 2.55. The molecule has 6 nitrogen and oxygen atoms in total. The van der Waals surface area contributed by atoms with Crippen molar-refractivity contribution in [3.8, 4) is 0 Å². The van der Waals surface area contributed by atoms with Gasteiger partial charge >= 0.3 is 0 Å². The Morgan fingerprint density at radius 1 is 1.47 bits per heavy atom. The molecule has 0 aliphatic carbocycles. The highest BCUT2D eigenvalue weighted by Gasteiger charge is 2.30. The minimum atomic E-state index is -4.32. The average molecular weight is 305 g/mol. The lowest BCUT2D eigenvalue weighted by atomic mass is 10.2. The van der Waals surface area contributed by atoms with Crippen molar-refractivity contribution in [2.24, 2.45) is 0 Å². The highest BCUT2D eigenvalue weighted by Crippen LogP contribution is 2.33. The minimum Gasteiger partial charge on any atom is -0.282 e. The number of halogens is 1. The van der Waals surface area contributed by atoms with Gasteiger partial charge < -0.3 is 0 Å². The van der Waals surface area contributed by atoms with Crippen LogP contribution >= 0.6 is 11.6 Å². The summed E-state index contributed by atoms with van der Waals surface area (Å²) in [6.45, 7) is 3.47. The molecule has 1 heterocycles. The number of hydrazine groups is 1. The molecule has 1 amide bonds. The molecule has 1 saturated heterocycles. The molecule has 0 saturated carbocycles. The Hall–Kier alpha value is -1.15. The Kier molecular flexibility index (Phi) is 3.57. The maximum Gasteiger partial charge on any atom is 0.294 e. The maximum absolute atomic E-state index is 11.8. The molecule has 0 bridgehead atoms. The lowest BCUT2D eigenvalue weighted by Crippen LogP contribution is -2.37. The maximum atomic E-state index is 11.8. The van der Waals surface area contributed by atoms with Crippen LogP contribution < -0.4 is 10.4 Å². The molecule has 1 aromatic rings. The second kappa shape index (κ2) is 4.75. The topological polar surface area (TPSA) is 86.7 Å². The van der Waals surface area contributed by atoms with E-state index < -0.39 is 10.1 Å². The molecular weight excluding hydrogens is 292 g/mol. The molecule has 104 valence electrons. The van der Waals surface area contributed by atoms with Crippen LogP contribution in [0.1, 0.15) is 18.9 Å². The zero-order chi connectivity index (χ0) is 14.4. The summed E-state index contributed by atoms with van der Waals surface area (Å²) >= 11 is 6.02. The van der Waals surface area contributed by atoms with Crippen LogP contribution in [0.5, 0.6) is 0 Å². The van der Waals surface area contributed by atoms with Gasteiger partial charge in [-0.05, 0) is 31.5 Å². The summed E-state index contributed by atoms with van der Waals surface area (Å²) in [5.41, 5.74) is 3.83. The van der Waals surface area contributed by atoms with E-state index in [1.165, 1.54) is 11.1 Å². The molecule has 1 fully saturated rings. The van der Waals surface area contributed by atoms with Crippen LogP contribution in [0.2, 0.25) is 5.02 Å². The third-order valence-corrected chi connectivity index (χ3v) is 3.95. The fourth-order valence-electron chi connectivity index (χ4n) is 2.02. The first-order chi connectivity index (χ1) is 8.70. The number of benzene rings is 1. The number of carbonyl (C=O) groups excluding carboxylic acids is 1. The van der Waals surface area contributed by atoms with Crippen molar-refractivity contribution in [2.45, 2.75) is 31.2 Å². The normalized spacial score (nSPS) is 20.1. The Labute approximate surface area is 116 Å². The van der Waals surface area contributed by atoms with Crippen LogP contribution in [-0.2, 0) is 14.9 Å². The van der Waals surface area contributed by atoms with E-state index in [0.717, 1.165) is 6.07 Å². The number of anilines is 1. The molecular formula is C11H13ClN2O4S. The van der Waals surface area contributed by atoms with Crippen LogP contribution in [0.25, 0.3) is 0 Å². The molecule has 1 aliphatic heterocycles. The Morgan fingerprint density at radius 3 is 2.53 bits per heavy atom. The van der Waals surface area contributed by atoms with Gasteiger partial charge in [0.1, 0.15) is 0 Å². The van der Waals surface area contributed by atoms with Gasteiger partial charge in [0.15, 0.2) is 0 Å². The molecule has 1 atom stereocenters. The van der Waals surface area contributed by atoms with E-state index >= 15 is 0 Å². The number of nitrogens with one attached hydrogen (secondary N) is 1. The molecule has 1 unspecified atom stereocenters. The standard InChI is InChI=1S/C11H13ClN2O4S/c1-6-3-8(19(16,17)18)5-9(12)11(6)14-10(15)4-7(2)13-14/h3,5,7,13H,4H2,1-2H3,(H,16,17,18). The number of hydrogen-bond donors (Lipinski definition) is 2. The zero-order valence-corrected chi connectivity index (χ0v) is 11.9. The Bertz CT molecular complexity index is 621. The van der Waals surface area contributed by atoms with Gasteiger partial charge in [-0.1, -0.05) is 11.6 Å². The van der Waals surface area contributed by atoms with E-state index in [0.29, 0.717) is 17.7 Å². The van der Waals surface area contributed by atoms with Crippen molar-refractivity contribution in [2.75, 3.05) is 5.01 Å². The number of carbonyl (C=O) groups is 1. The van der Waals surface area contributed by atoms with Crippen LogP contribution in [0, 0.1) is 6.92 Å². The summed E-state index contributed by atoms with van der Waals surface area (Å²) in [7, 11) is -4.32. The summed E-state index contributed by atoms with van der Waals surface area (Å²) in [5.74, 6) is -0.142. The van der Waals surface area contributed by atoms with Gasteiger partial charge in [0.2, 0.25) is 5.91 Å². The SMILES string of the molecule is Cc1cc(S(=O)(=O)O)cc(Cl)c1N1NC(C)CC1=O. The molecule has 2 N–H and O–H groups in total. The summed E-state index contributed by atoms with van der Waals surface area (Å²) in [6.07, 6.45) is 0.343. The van der Waals surface area contributed by atoms with Gasteiger partial charge in [0.25, 0.3) is 10.1 Å². The van der Waals surface area contributed by atoms with E-state index in [1.807, 2.05) is 6.92 Å². The molecule has 0 radical (unpaired) electrons. The van der Waals surface area contributed by atoms with Crippen molar-refractivity contribution < 1.29 is 17.8 Å². The first kappa shape index (κ1) is 14.3. The second-order valence-electron chi connectivity index (χ2n) is 4.51. The van der Waals surface area contributed by atoms with Gasteiger partial charge in [-0.3, -0.25) is 9.35 Å². The minimum absolute atomic E-state index is 0.00998. The fraction of sp³-hybridized carbons (Fsp3) is 0.364. The molecule has 0 spiro atoms. The Morgan fingerprint density at radius 2 is 2.11 bits per heavy atom. The predicted molar refractivity (Wildman–Crippen MR) is 70.7 cm³/mol. The van der Waals surface area contributed by atoms with Gasteiger partial charge in [0, 0.05) is 12.5 Å². The smallest absolute Gasteiger partial charge is 0.282 e. The van der Waals surface area contributed by atoms with Crippen LogP contribution in [0.15, 0.2) is 17.0 Å². The molecule has 1 aliphatic rings. The van der Waals surface area contributed by atoms with Crippen LogP contribution in [-0.4, -0.2) is 24.9 Å². The van der Waals surface area contributed by atoms with Crippen molar-refractivity contribution in [3.63, 3.8) is 0 Å². The van der Waals surface area contributed by atoms with Gasteiger partial charge in [-0.15, -0.1) is 0 Å². The van der Waals surface area contributed by atoms with E-state index in [2.05, 4.69) is 5.43 Å². The molecule has 0 aromatic heterocycles. The Balaban J connectivity index is 2.52. The second-order valence-corrected chi connectivity index (χ2v) is 6.34. The van der Waals surface area contributed by atoms with Gasteiger partial charge in [-0.25, -0.2) is 10.4 Å². The van der Waals surface area contributed by atoms with Gasteiger partial charge in [-0.2, -0.15) is 8.42 Å². The van der Waals surface area contributed by atoms with E-state index in [4.69, 9.17) is 16.2 Å². The largest absolute Gasteiger partial charge is 0.294 e. The third-order valence-electron chi connectivity index (χ3n) is 2.83. The molecule has 2 rings (SSSR count). The summed E-state index contributed by atoms with van der Waals surface area (Å²) in [4.78, 5) is 11.5. The summed E-state index contributed by atoms with van der Waals surface area (Å²) < 4.78 is 31.2. The van der Waals surface area contributed by atoms with Gasteiger partial charge in [0.05, 0.1) is 15.6 Å². The molecule has 19 heavy (non-hydrogen) atoms. The number of aryl methyl sites for hydroxylation is 1. The number of rotatable bonds is 2. The lowest BCUT2D eigenvalue weighted by Gasteiger charge is -2.21. The summed E-state index contributed by atoms with van der Waals surface area (Å²) in [5, 5.41) is 1.40. The summed E-state index contributed by atoms with van der Waals surface area (Å²) in [6, 6.07) is 2.38. The number of hydrogen-bond acceptors (Lipinski definition) is 4. The van der Waals surface area contributed by atoms with Crippen molar-refractivity contribution in [1.82, 2.24) is 5.43 Å². The first-order valence-corrected chi connectivity index (χ1v) is 7.38. The lowest BCUT2D eigenvalue weighted by molar-refractivity contribution is -0.117. The van der Waals surface area contributed by atoms with E-state index in [9.17, 15) is 13.2 Å². The molecule has 8 heteroatoms. The van der Waals surface area contributed by atoms with Crippen molar-refractivity contribution in [3.05, 3.63) is 22.7 Å². The van der Waals surface area contributed by atoms with E-state index in [-0.39, 0.29) is 21.9 Å². The zero-order valence-electron chi connectivity index (χ0n) is 10.3. The monoisotopic (exact) mass is 304 g/mol. The van der Waals surface area contributed by atoms with Crippen molar-refractivity contribution in [1.29, 1.82) is 0 Å². The third kappa shape index (κ3) is 2.74. The highest BCUT2D eigenvalue weighted by molar-refractivity contribution is 7.85. The highest BCUT2D eigenvalue weighted by atomic mass is 35.5. The predicted octanol–water partition coefficient (Wildman–Crippen LogP) is 1.52. The fourth-order valence-corrected chi connectivity index (χ4v) is 3.03. The quantitative estimate of drug-likeness (QED) is 0.809. The van der Waals surface area contributed by atoms with Crippen molar-refractivity contribution >= 4 is 33.3 Å². The van der Waals surface area contributed by atoms with Crippen LogP contribution in [0.3, 0.4) is 0 Å². The number of nitrogens with zero attached hydrogens (tertiary/aromatic N) is 1. The van der Waals surface area contributed by atoms with E-state index in [1.54, 1.807) is 6.92 Å².